The van der Waals surface area contributed by atoms with Crippen LogP contribution >= 0.6 is 0 Å². The van der Waals surface area contributed by atoms with Crippen LogP contribution in [0.4, 0.5) is 0 Å². The first-order valence-electron chi connectivity index (χ1n) is 6.10. The van der Waals surface area contributed by atoms with Crippen molar-refractivity contribution in [2.45, 2.75) is 0 Å². The molecule has 0 unspecified atom stereocenters. The van der Waals surface area contributed by atoms with Gasteiger partial charge in [0.1, 0.15) is 12.4 Å². The number of rotatable bonds is 1. The zero-order valence-electron chi connectivity index (χ0n) is 10.6. The lowest BCUT2D eigenvalue weighted by atomic mass is 10.2. The number of hydrogen-bond donors (Lipinski definition) is 0. The van der Waals surface area contributed by atoms with Gasteiger partial charge in [-0.1, -0.05) is 34.8 Å². The highest BCUT2D eigenvalue weighted by atomic mass is 16.5. The van der Waals surface area contributed by atoms with Gasteiger partial charge in [-0.25, -0.2) is 9.71 Å². The molecular weight excluding hydrogens is 256 g/mol. The number of benzene rings is 1. The van der Waals surface area contributed by atoms with Gasteiger partial charge in [0.15, 0.2) is 11.5 Å². The van der Waals surface area contributed by atoms with Crippen LogP contribution in [0, 0.1) is 5.21 Å². The lowest BCUT2D eigenvalue weighted by Crippen LogP contribution is -2.30. The van der Waals surface area contributed by atoms with Gasteiger partial charge >= 0.3 is 5.65 Å². The van der Waals surface area contributed by atoms with Crippen LogP contribution in [-0.2, 0) is 7.05 Å². The second kappa shape index (κ2) is 3.77. The van der Waals surface area contributed by atoms with Gasteiger partial charge in [0.05, 0.1) is 7.05 Å². The summed E-state index contributed by atoms with van der Waals surface area (Å²) < 4.78 is 2.39. The van der Waals surface area contributed by atoms with Crippen LogP contribution in [0.25, 0.3) is 28.6 Å². The molecule has 0 saturated heterocycles. The summed E-state index contributed by atoms with van der Waals surface area (Å²) in [6.07, 6.45) is 2.93. The number of hydrogen-bond acceptors (Lipinski definition) is 4. The summed E-state index contributed by atoms with van der Waals surface area (Å²) in [6.45, 7) is 0. The van der Waals surface area contributed by atoms with Gasteiger partial charge in [0, 0.05) is 5.56 Å². The molecule has 0 bridgehead atoms. The van der Waals surface area contributed by atoms with E-state index in [9.17, 15) is 5.21 Å². The normalized spacial score (nSPS) is 11.4. The van der Waals surface area contributed by atoms with E-state index in [-0.39, 0.29) is 0 Å². The van der Waals surface area contributed by atoms with E-state index in [1.807, 2.05) is 30.3 Å². The van der Waals surface area contributed by atoms with Gasteiger partial charge in [-0.3, -0.25) is 0 Å². The summed E-state index contributed by atoms with van der Waals surface area (Å²) in [4.78, 5) is 10.5. The van der Waals surface area contributed by atoms with E-state index in [2.05, 4.69) is 15.1 Å². The third-order valence-corrected chi connectivity index (χ3v) is 3.21. The van der Waals surface area contributed by atoms with E-state index in [1.165, 1.54) is 12.4 Å². The Kier molecular flexibility index (Phi) is 2.06. The second-order valence-electron chi connectivity index (χ2n) is 4.48. The van der Waals surface area contributed by atoms with E-state index in [0.717, 1.165) is 10.3 Å². The topological polar surface area (TPSA) is 75.0 Å². The van der Waals surface area contributed by atoms with Crippen LogP contribution in [0.5, 0.6) is 0 Å². The quantitative estimate of drug-likeness (QED) is 0.378. The highest BCUT2D eigenvalue weighted by molar-refractivity contribution is 5.64. The van der Waals surface area contributed by atoms with Crippen molar-refractivity contribution in [1.82, 2.24) is 24.4 Å². The molecule has 0 spiro atoms. The van der Waals surface area contributed by atoms with Crippen LogP contribution < -0.4 is 4.73 Å². The van der Waals surface area contributed by atoms with Gasteiger partial charge < -0.3 is 5.21 Å². The summed E-state index contributed by atoms with van der Waals surface area (Å²) in [5.74, 6) is 1.22. The number of aromatic nitrogens is 6. The highest BCUT2D eigenvalue weighted by Gasteiger charge is 2.24. The van der Waals surface area contributed by atoms with Gasteiger partial charge in [-0.2, -0.15) is 4.98 Å². The van der Waals surface area contributed by atoms with E-state index < -0.39 is 0 Å². The van der Waals surface area contributed by atoms with E-state index in [4.69, 9.17) is 0 Å². The zero-order valence-corrected chi connectivity index (χ0v) is 10.6. The largest absolute Gasteiger partial charge is 0.710 e. The Bertz CT molecular complexity index is 879. The number of fused-ring (bicyclic) bond motifs is 3. The van der Waals surface area contributed by atoms with Crippen LogP contribution in [0.1, 0.15) is 0 Å². The van der Waals surface area contributed by atoms with Crippen LogP contribution in [0.2, 0.25) is 0 Å². The fourth-order valence-corrected chi connectivity index (χ4v) is 2.27. The number of nitrogens with zero attached hydrogens (tertiary/aromatic N) is 6. The molecule has 1 aromatic carbocycles. The predicted molar refractivity (Wildman–Crippen MR) is 70.8 cm³/mol. The summed E-state index contributed by atoms with van der Waals surface area (Å²) in [6, 6.07) is 9.66. The van der Waals surface area contributed by atoms with Gasteiger partial charge in [-0.15, -0.1) is 9.90 Å². The van der Waals surface area contributed by atoms with Crippen molar-refractivity contribution in [3.63, 3.8) is 0 Å². The minimum Gasteiger partial charge on any atom is -0.710 e. The van der Waals surface area contributed by atoms with Gasteiger partial charge in [0.2, 0.25) is 0 Å². The molecule has 0 aliphatic carbocycles. The molecule has 0 amide bonds. The van der Waals surface area contributed by atoms with Crippen molar-refractivity contribution in [2.75, 3.05) is 0 Å². The first-order chi connectivity index (χ1) is 9.74. The minimum absolute atomic E-state index is 0.416. The van der Waals surface area contributed by atoms with Gasteiger partial charge in [0.25, 0.3) is 5.82 Å². The molecule has 4 rings (SSSR count). The van der Waals surface area contributed by atoms with Crippen molar-refractivity contribution in [3.8, 4) is 22.9 Å². The third-order valence-electron chi connectivity index (χ3n) is 3.21. The summed E-state index contributed by atoms with van der Waals surface area (Å²) in [5.41, 5.74) is 1.87. The molecule has 2 aromatic rings. The van der Waals surface area contributed by atoms with Crippen LogP contribution in [-0.4, -0.2) is 24.4 Å². The van der Waals surface area contributed by atoms with E-state index >= 15 is 0 Å². The van der Waals surface area contributed by atoms with Crippen LogP contribution in [0.3, 0.4) is 0 Å². The Morgan fingerprint density at radius 1 is 1.15 bits per heavy atom. The average Bonchev–Trinajstić information content (AvgIpc) is 3.04. The molecule has 98 valence electrons. The molecule has 3 heterocycles. The standard InChI is InChI=1S/C13H10N6O/c1-17-14-7-11-18(20)8-10-13(19(11)17)16-12(15-10)9-5-3-2-4-6-9/h2-8H,1H3. The fraction of sp³-hybridized carbons (Fsp3) is 0.0769. The Hall–Kier alpha value is -2.96. The molecule has 2 aliphatic rings. The lowest BCUT2D eigenvalue weighted by molar-refractivity contribution is -0.580. The average molecular weight is 266 g/mol. The monoisotopic (exact) mass is 266 g/mol. The molecule has 2 aliphatic heterocycles. The molecule has 1 aromatic heterocycles. The predicted octanol–water partition coefficient (Wildman–Crippen LogP) is 0.868. The van der Waals surface area contributed by atoms with Gasteiger partial charge in [-0.05, 0) is 0 Å². The van der Waals surface area contributed by atoms with Crippen molar-refractivity contribution in [1.29, 1.82) is 0 Å². The first-order valence-corrected chi connectivity index (χ1v) is 6.10. The molecule has 0 fully saturated rings. The Morgan fingerprint density at radius 2 is 1.95 bits per heavy atom. The SMILES string of the molecule is Cn1ncc2n1c1nc(-c3ccccc3)nc-1c[n+]2[O-]. The van der Waals surface area contributed by atoms with Crippen molar-refractivity contribution in [2.24, 2.45) is 7.05 Å². The van der Waals surface area contributed by atoms with Crippen molar-refractivity contribution in [3.05, 3.63) is 47.9 Å². The summed E-state index contributed by atoms with van der Waals surface area (Å²) in [5, 5.41) is 16.0. The highest BCUT2D eigenvalue weighted by Crippen LogP contribution is 2.23. The van der Waals surface area contributed by atoms with Crippen molar-refractivity contribution >= 4 is 5.65 Å². The molecular formula is C13H10N6O. The number of aryl methyl sites for hydroxylation is 1. The molecule has 0 saturated carbocycles. The van der Waals surface area contributed by atoms with Crippen LogP contribution in [0.15, 0.2) is 42.7 Å². The Balaban J connectivity index is 2.07. The molecule has 0 radical (unpaired) electrons. The molecule has 0 atom stereocenters. The summed E-state index contributed by atoms with van der Waals surface area (Å²) >= 11 is 0. The minimum atomic E-state index is 0.416. The second-order valence-corrected chi connectivity index (χ2v) is 4.48. The lowest BCUT2D eigenvalue weighted by Gasteiger charge is -2.03. The molecule has 0 N–H and O–H groups in total. The molecule has 7 heteroatoms. The van der Waals surface area contributed by atoms with E-state index in [0.29, 0.717) is 23.0 Å². The zero-order chi connectivity index (χ0) is 13.7. The fourth-order valence-electron chi connectivity index (χ4n) is 2.27. The Morgan fingerprint density at radius 3 is 2.75 bits per heavy atom. The van der Waals surface area contributed by atoms with Crippen molar-refractivity contribution < 1.29 is 4.73 Å². The van der Waals surface area contributed by atoms with E-state index in [1.54, 1.807) is 16.4 Å². The summed E-state index contributed by atoms with van der Waals surface area (Å²) in [7, 11) is 1.75. The smallest absolute Gasteiger partial charge is 0.332 e. The molecule has 20 heavy (non-hydrogen) atoms. The number of imidazole rings is 1. The first kappa shape index (κ1) is 10.9. The maximum Gasteiger partial charge on any atom is 0.332 e. The maximum absolute atomic E-state index is 11.9. The maximum atomic E-state index is 11.9. The Labute approximate surface area is 113 Å². The molecule has 7 nitrogen and oxygen atoms in total. The third kappa shape index (κ3) is 1.40.